The van der Waals surface area contributed by atoms with Gasteiger partial charge in [0.15, 0.2) is 0 Å². The summed E-state index contributed by atoms with van der Waals surface area (Å²) in [6, 6.07) is 12.8. The number of amides is 1. The van der Waals surface area contributed by atoms with Gasteiger partial charge in [0.1, 0.15) is 0 Å². The summed E-state index contributed by atoms with van der Waals surface area (Å²) in [4.78, 5) is 13.6. The van der Waals surface area contributed by atoms with Gasteiger partial charge in [0.05, 0.1) is 11.4 Å². The predicted octanol–water partition coefficient (Wildman–Crippen LogP) is 3.40. The fraction of sp³-hybridized carbons (Fsp3) is 0.421. The Morgan fingerprint density at radius 3 is 2.61 bits per heavy atom. The van der Waals surface area contributed by atoms with Crippen LogP contribution in [0.5, 0.6) is 0 Å². The molecule has 1 unspecified atom stereocenters. The van der Waals surface area contributed by atoms with E-state index in [0.717, 1.165) is 49.2 Å². The van der Waals surface area contributed by atoms with E-state index in [9.17, 15) is 4.79 Å². The fourth-order valence-corrected chi connectivity index (χ4v) is 3.24. The van der Waals surface area contributed by atoms with Crippen molar-refractivity contribution in [2.75, 3.05) is 6.54 Å². The summed E-state index contributed by atoms with van der Waals surface area (Å²) >= 11 is 0. The molecule has 2 heterocycles. The van der Waals surface area contributed by atoms with Crippen LogP contribution < -0.4 is 0 Å². The zero-order valence-electron chi connectivity index (χ0n) is 13.8. The zero-order chi connectivity index (χ0) is 16.2. The largest absolute Gasteiger partial charge is 0.340 e. The second-order valence-electron chi connectivity index (χ2n) is 6.32. The molecule has 1 aliphatic heterocycles. The standard InChI is InChI=1S/C19H23N3O/c1-14-5-7-16(8-6-14)19-12-10-17(20-21-19)9-11-18-4-3-13-22(18)15(2)23/h5-8,10,12,18H,3-4,9,11,13H2,1-2H3. The summed E-state index contributed by atoms with van der Waals surface area (Å²) in [6.07, 6.45) is 4.06. The summed E-state index contributed by atoms with van der Waals surface area (Å²) in [5.41, 5.74) is 4.23. The molecular weight excluding hydrogens is 286 g/mol. The van der Waals surface area contributed by atoms with Gasteiger partial charge in [-0.1, -0.05) is 29.8 Å². The minimum absolute atomic E-state index is 0.188. The molecule has 0 saturated carbocycles. The first-order valence-electron chi connectivity index (χ1n) is 8.30. The maximum atomic E-state index is 11.6. The smallest absolute Gasteiger partial charge is 0.219 e. The first-order chi connectivity index (χ1) is 11.1. The van der Waals surface area contributed by atoms with Gasteiger partial charge in [0, 0.05) is 25.1 Å². The minimum Gasteiger partial charge on any atom is -0.340 e. The molecule has 0 aliphatic carbocycles. The van der Waals surface area contributed by atoms with Gasteiger partial charge in [-0.15, -0.1) is 0 Å². The molecule has 1 fully saturated rings. The molecular formula is C19H23N3O. The lowest BCUT2D eigenvalue weighted by molar-refractivity contribution is -0.129. The van der Waals surface area contributed by atoms with Crippen LogP contribution in [0, 0.1) is 6.92 Å². The van der Waals surface area contributed by atoms with Crippen LogP contribution in [0.25, 0.3) is 11.3 Å². The number of aryl methyl sites for hydroxylation is 2. The van der Waals surface area contributed by atoms with E-state index in [1.165, 1.54) is 5.56 Å². The van der Waals surface area contributed by atoms with E-state index in [2.05, 4.69) is 47.5 Å². The first-order valence-corrected chi connectivity index (χ1v) is 8.30. The maximum absolute atomic E-state index is 11.6. The van der Waals surface area contributed by atoms with E-state index in [-0.39, 0.29) is 5.91 Å². The third kappa shape index (κ3) is 3.76. The molecule has 1 saturated heterocycles. The Morgan fingerprint density at radius 1 is 1.17 bits per heavy atom. The third-order valence-corrected chi connectivity index (χ3v) is 4.58. The quantitative estimate of drug-likeness (QED) is 0.869. The average Bonchev–Trinajstić information content (AvgIpc) is 3.03. The molecule has 1 aromatic carbocycles. The molecule has 4 heteroatoms. The zero-order valence-corrected chi connectivity index (χ0v) is 13.8. The van der Waals surface area contributed by atoms with E-state index in [1.807, 2.05) is 11.0 Å². The lowest BCUT2D eigenvalue weighted by Gasteiger charge is -2.22. The summed E-state index contributed by atoms with van der Waals surface area (Å²) in [5.74, 6) is 0.188. The van der Waals surface area contributed by atoms with Crippen LogP contribution >= 0.6 is 0 Å². The lowest BCUT2D eigenvalue weighted by Crippen LogP contribution is -2.33. The second kappa shape index (κ2) is 6.90. The molecule has 120 valence electrons. The van der Waals surface area contributed by atoms with Gasteiger partial charge >= 0.3 is 0 Å². The summed E-state index contributed by atoms with van der Waals surface area (Å²) in [7, 11) is 0. The van der Waals surface area contributed by atoms with Gasteiger partial charge in [-0.05, 0) is 44.7 Å². The summed E-state index contributed by atoms with van der Waals surface area (Å²) in [6.45, 7) is 4.64. The molecule has 2 aromatic rings. The molecule has 0 bridgehead atoms. The van der Waals surface area contributed by atoms with Crippen LogP contribution in [0.4, 0.5) is 0 Å². The van der Waals surface area contributed by atoms with E-state index in [4.69, 9.17) is 0 Å². The number of nitrogens with zero attached hydrogens (tertiary/aromatic N) is 3. The highest BCUT2D eigenvalue weighted by Gasteiger charge is 2.25. The van der Waals surface area contributed by atoms with E-state index >= 15 is 0 Å². The van der Waals surface area contributed by atoms with Crippen molar-refractivity contribution in [1.82, 2.24) is 15.1 Å². The van der Waals surface area contributed by atoms with Crippen LogP contribution in [0.3, 0.4) is 0 Å². The number of hydrogen-bond acceptors (Lipinski definition) is 3. The SMILES string of the molecule is CC(=O)N1CCCC1CCc1ccc(-c2ccc(C)cc2)nn1. The number of hydrogen-bond donors (Lipinski definition) is 0. The van der Waals surface area contributed by atoms with Gasteiger partial charge < -0.3 is 4.90 Å². The molecule has 1 amide bonds. The number of aromatic nitrogens is 2. The van der Waals surface area contributed by atoms with Crippen molar-refractivity contribution in [3.8, 4) is 11.3 Å². The van der Waals surface area contributed by atoms with E-state index < -0.39 is 0 Å². The molecule has 1 atom stereocenters. The topological polar surface area (TPSA) is 46.1 Å². The van der Waals surface area contributed by atoms with Crippen molar-refractivity contribution in [1.29, 1.82) is 0 Å². The van der Waals surface area contributed by atoms with Crippen molar-refractivity contribution in [2.45, 2.75) is 45.6 Å². The molecule has 0 radical (unpaired) electrons. The Hall–Kier alpha value is -2.23. The monoisotopic (exact) mass is 309 g/mol. The van der Waals surface area contributed by atoms with Crippen LogP contribution in [-0.2, 0) is 11.2 Å². The van der Waals surface area contributed by atoms with Crippen LogP contribution in [0.15, 0.2) is 36.4 Å². The third-order valence-electron chi connectivity index (χ3n) is 4.58. The van der Waals surface area contributed by atoms with Gasteiger partial charge in [0.2, 0.25) is 5.91 Å². The predicted molar refractivity (Wildman–Crippen MR) is 90.9 cm³/mol. The number of carbonyl (C=O) groups is 1. The van der Waals surface area contributed by atoms with E-state index in [1.54, 1.807) is 6.92 Å². The summed E-state index contributed by atoms with van der Waals surface area (Å²) < 4.78 is 0. The first kappa shape index (κ1) is 15.7. The Morgan fingerprint density at radius 2 is 1.96 bits per heavy atom. The van der Waals surface area contributed by atoms with Gasteiger partial charge in [-0.3, -0.25) is 4.79 Å². The Kier molecular flexibility index (Phi) is 4.70. The van der Waals surface area contributed by atoms with E-state index in [0.29, 0.717) is 6.04 Å². The molecule has 1 aliphatic rings. The lowest BCUT2D eigenvalue weighted by atomic mass is 10.1. The van der Waals surface area contributed by atoms with Gasteiger partial charge in [-0.2, -0.15) is 10.2 Å². The van der Waals surface area contributed by atoms with Crippen molar-refractivity contribution in [3.05, 3.63) is 47.7 Å². The van der Waals surface area contributed by atoms with Crippen LogP contribution in [0.1, 0.15) is 37.4 Å². The fourth-order valence-electron chi connectivity index (χ4n) is 3.24. The molecule has 1 aromatic heterocycles. The number of carbonyl (C=O) groups excluding carboxylic acids is 1. The number of likely N-dealkylation sites (tertiary alicyclic amines) is 1. The molecule has 23 heavy (non-hydrogen) atoms. The Labute approximate surface area is 137 Å². The average molecular weight is 309 g/mol. The Balaban J connectivity index is 1.61. The number of rotatable bonds is 4. The highest BCUT2D eigenvalue weighted by atomic mass is 16.2. The number of benzene rings is 1. The van der Waals surface area contributed by atoms with Crippen molar-refractivity contribution in [2.24, 2.45) is 0 Å². The highest BCUT2D eigenvalue weighted by Crippen LogP contribution is 2.22. The Bertz CT molecular complexity index is 664. The van der Waals surface area contributed by atoms with Gasteiger partial charge in [0.25, 0.3) is 0 Å². The second-order valence-corrected chi connectivity index (χ2v) is 6.32. The van der Waals surface area contributed by atoms with Crippen LogP contribution in [0.2, 0.25) is 0 Å². The van der Waals surface area contributed by atoms with Crippen LogP contribution in [-0.4, -0.2) is 33.6 Å². The van der Waals surface area contributed by atoms with Crippen molar-refractivity contribution in [3.63, 3.8) is 0 Å². The molecule has 4 nitrogen and oxygen atoms in total. The normalized spacial score (nSPS) is 17.5. The highest BCUT2D eigenvalue weighted by molar-refractivity contribution is 5.73. The molecule has 0 spiro atoms. The molecule has 3 rings (SSSR count). The van der Waals surface area contributed by atoms with Crippen molar-refractivity contribution >= 4 is 5.91 Å². The minimum atomic E-state index is 0.188. The summed E-state index contributed by atoms with van der Waals surface area (Å²) in [5, 5.41) is 8.70. The van der Waals surface area contributed by atoms with Gasteiger partial charge in [-0.25, -0.2) is 0 Å². The maximum Gasteiger partial charge on any atom is 0.219 e. The van der Waals surface area contributed by atoms with Crippen molar-refractivity contribution < 1.29 is 4.79 Å². The molecule has 0 N–H and O–H groups in total.